The fourth-order valence-electron chi connectivity index (χ4n) is 7.02. The summed E-state index contributed by atoms with van der Waals surface area (Å²) in [6.07, 6.45) is 1.03. The maximum atomic E-state index is 14.7. The van der Waals surface area contributed by atoms with Gasteiger partial charge in [-0.25, -0.2) is 14.4 Å². The van der Waals surface area contributed by atoms with E-state index in [1.165, 1.54) is 22.7 Å². The van der Waals surface area contributed by atoms with Gasteiger partial charge in [-0.15, -0.1) is 11.8 Å². The number of piperidine rings is 1. The average molecular weight is 729 g/mol. The number of allylic oxidation sites excluding steroid dienone is 1. The minimum atomic E-state index is -0.932. The molecule has 4 aliphatic rings. The van der Waals surface area contributed by atoms with Crippen LogP contribution in [0.25, 0.3) is 0 Å². The van der Waals surface area contributed by atoms with Crippen LogP contribution in [-0.2, 0) is 28.6 Å². The third-order valence-corrected chi connectivity index (χ3v) is 10.6. The minimum absolute atomic E-state index is 0.0582. The van der Waals surface area contributed by atoms with Crippen molar-refractivity contribution in [3.8, 4) is 0 Å². The number of alkyl carbamates (subject to hydrolysis) is 1. The van der Waals surface area contributed by atoms with Crippen LogP contribution < -0.4 is 10.6 Å². The smallest absolute Gasteiger partial charge is 0.410 e. The standard InChI is InChI=1S/C39H44N4O8S/c1-5-22-49-38(48)42-20-17-24(18-21-42)29(27-16-19-40-33(27)44)28-23-52-35-30(41-37(47)51-39(2,3)4)34(45)43(35)31(28)36(46)50-32(25-12-8-6-9-13-25)26-14-10-7-11-15-26/h5-15,24,30,32,35H,1,16-23H2,2-4H3,(H,40,44)(H,41,47)/t30-,35-/m1/s1. The van der Waals surface area contributed by atoms with E-state index in [1.54, 1.807) is 25.7 Å². The van der Waals surface area contributed by atoms with Crippen molar-refractivity contribution in [3.63, 3.8) is 0 Å². The molecule has 274 valence electrons. The van der Waals surface area contributed by atoms with E-state index in [-0.39, 0.29) is 29.9 Å². The van der Waals surface area contributed by atoms with Gasteiger partial charge in [0.1, 0.15) is 29.3 Å². The van der Waals surface area contributed by atoms with E-state index < -0.39 is 47.2 Å². The number of ether oxygens (including phenoxy) is 3. The molecule has 2 aromatic rings. The number of nitrogens with zero attached hydrogens (tertiary/aromatic N) is 2. The quantitative estimate of drug-likeness (QED) is 0.117. The number of β-lactam (4-membered cyclic amide) rings is 1. The van der Waals surface area contributed by atoms with Crippen molar-refractivity contribution in [2.75, 3.05) is 32.0 Å². The van der Waals surface area contributed by atoms with Crippen molar-refractivity contribution in [2.45, 2.75) is 63.2 Å². The van der Waals surface area contributed by atoms with E-state index >= 15 is 0 Å². The molecular formula is C39H44N4O8S. The number of rotatable bonds is 9. The number of likely N-dealkylation sites (tertiary alicyclic amines) is 1. The lowest BCUT2D eigenvalue weighted by Gasteiger charge is -2.50. The first-order valence-electron chi connectivity index (χ1n) is 17.5. The molecule has 4 heterocycles. The Balaban J connectivity index is 1.40. The second kappa shape index (κ2) is 15.7. The van der Waals surface area contributed by atoms with Crippen LogP contribution in [0.15, 0.2) is 95.7 Å². The largest absolute Gasteiger partial charge is 0.448 e. The van der Waals surface area contributed by atoms with Crippen LogP contribution >= 0.6 is 11.8 Å². The van der Waals surface area contributed by atoms with Gasteiger partial charge in [-0.1, -0.05) is 73.3 Å². The summed E-state index contributed by atoms with van der Waals surface area (Å²) in [5.41, 5.74) is 2.59. The maximum absolute atomic E-state index is 14.7. The van der Waals surface area contributed by atoms with Crippen LogP contribution in [0.2, 0.25) is 0 Å². The molecule has 0 bridgehead atoms. The highest BCUT2D eigenvalue weighted by Gasteiger charge is 2.56. The molecule has 0 aliphatic carbocycles. The number of carbonyl (C=O) groups excluding carboxylic acids is 5. The molecule has 52 heavy (non-hydrogen) atoms. The second-order valence-electron chi connectivity index (χ2n) is 14.0. The zero-order chi connectivity index (χ0) is 37.0. The summed E-state index contributed by atoms with van der Waals surface area (Å²) in [4.78, 5) is 70.6. The number of hydrogen-bond donors (Lipinski definition) is 2. The van der Waals surface area contributed by atoms with Crippen LogP contribution in [-0.4, -0.2) is 88.8 Å². The molecule has 12 nitrogen and oxygen atoms in total. The zero-order valence-electron chi connectivity index (χ0n) is 29.6. The number of amides is 4. The Morgan fingerprint density at radius 1 is 1.02 bits per heavy atom. The molecule has 6 rings (SSSR count). The van der Waals surface area contributed by atoms with Crippen molar-refractivity contribution < 1.29 is 38.2 Å². The SMILES string of the molecule is C=CCOC(=O)N1CCC(C(=C2CCNC2=O)C2=C(C(=O)OC(c3ccccc3)c3ccccc3)N3C(=O)[C@@H](NC(=O)OC(C)(C)C)[C@H]3SC2)CC1. The van der Waals surface area contributed by atoms with Crippen molar-refractivity contribution >= 4 is 41.7 Å². The lowest BCUT2D eigenvalue weighted by atomic mass is 9.80. The van der Waals surface area contributed by atoms with Gasteiger partial charge in [-0.3, -0.25) is 14.5 Å². The number of thioether (sulfide) groups is 1. The normalized spacial score (nSPS) is 21.5. The van der Waals surface area contributed by atoms with Crippen molar-refractivity contribution in [1.82, 2.24) is 20.4 Å². The van der Waals surface area contributed by atoms with E-state index in [1.807, 2.05) is 60.7 Å². The topological polar surface area (TPSA) is 144 Å². The predicted molar refractivity (Wildman–Crippen MR) is 195 cm³/mol. The van der Waals surface area contributed by atoms with E-state index in [4.69, 9.17) is 14.2 Å². The van der Waals surface area contributed by atoms with Crippen LogP contribution in [0.3, 0.4) is 0 Å². The van der Waals surface area contributed by atoms with Gasteiger partial charge < -0.3 is 29.7 Å². The highest BCUT2D eigenvalue weighted by molar-refractivity contribution is 8.00. The summed E-state index contributed by atoms with van der Waals surface area (Å²) in [6, 6.07) is 17.8. The number of carbonyl (C=O) groups is 5. The van der Waals surface area contributed by atoms with Gasteiger partial charge >= 0.3 is 18.2 Å². The number of nitrogens with one attached hydrogen (secondary N) is 2. The van der Waals surface area contributed by atoms with Gasteiger partial charge in [0.25, 0.3) is 5.91 Å². The van der Waals surface area contributed by atoms with Crippen molar-refractivity contribution in [2.24, 2.45) is 5.92 Å². The summed E-state index contributed by atoms with van der Waals surface area (Å²) in [5.74, 6) is -1.34. The van der Waals surface area contributed by atoms with Gasteiger partial charge in [0.15, 0.2) is 6.10 Å². The lowest BCUT2D eigenvalue weighted by Crippen LogP contribution is -2.71. The van der Waals surface area contributed by atoms with E-state index in [9.17, 15) is 24.0 Å². The van der Waals surface area contributed by atoms with Crippen LogP contribution in [0.1, 0.15) is 57.3 Å². The number of fused-ring (bicyclic) bond motifs is 1. The molecule has 2 aromatic carbocycles. The highest BCUT2D eigenvalue weighted by atomic mass is 32.2. The molecule has 3 fully saturated rings. The number of esters is 1. The fraction of sp³-hybridized carbons (Fsp3) is 0.410. The molecule has 2 N–H and O–H groups in total. The first-order valence-corrected chi connectivity index (χ1v) is 18.5. The Kier molecular flexibility index (Phi) is 11.1. The Hall–Kier alpha value is -5.04. The van der Waals surface area contributed by atoms with Gasteiger partial charge in [-0.05, 0) is 68.2 Å². The Labute approximate surface area is 307 Å². The fourth-order valence-corrected chi connectivity index (χ4v) is 8.39. The summed E-state index contributed by atoms with van der Waals surface area (Å²) < 4.78 is 17.1. The molecule has 0 saturated carbocycles. The molecular weight excluding hydrogens is 685 g/mol. The van der Waals surface area contributed by atoms with Crippen molar-refractivity contribution in [1.29, 1.82) is 0 Å². The molecule has 13 heteroatoms. The average Bonchev–Trinajstić information content (AvgIpc) is 3.56. The van der Waals surface area contributed by atoms with E-state index in [0.29, 0.717) is 55.6 Å². The number of hydrogen-bond acceptors (Lipinski definition) is 9. The summed E-state index contributed by atoms with van der Waals surface area (Å²) in [6.45, 7) is 10.1. The summed E-state index contributed by atoms with van der Waals surface area (Å²) in [7, 11) is 0. The molecule has 4 aliphatic heterocycles. The Morgan fingerprint density at radius 3 is 2.21 bits per heavy atom. The highest BCUT2D eigenvalue weighted by Crippen LogP contribution is 2.47. The predicted octanol–water partition coefficient (Wildman–Crippen LogP) is 5.23. The Morgan fingerprint density at radius 2 is 1.65 bits per heavy atom. The van der Waals surface area contributed by atoms with Gasteiger partial charge in [0, 0.05) is 31.0 Å². The molecule has 3 saturated heterocycles. The van der Waals surface area contributed by atoms with Gasteiger partial charge in [-0.2, -0.15) is 0 Å². The van der Waals surface area contributed by atoms with E-state index in [2.05, 4.69) is 17.2 Å². The second-order valence-corrected chi connectivity index (χ2v) is 15.1. The first-order chi connectivity index (χ1) is 25.0. The molecule has 0 spiro atoms. The Bertz CT molecular complexity index is 1740. The summed E-state index contributed by atoms with van der Waals surface area (Å²) >= 11 is 1.40. The molecule has 2 atom stereocenters. The van der Waals surface area contributed by atoms with Gasteiger partial charge in [0.05, 0.1) is 0 Å². The lowest BCUT2D eigenvalue weighted by molar-refractivity contribution is -0.153. The molecule has 4 amide bonds. The number of benzene rings is 2. The van der Waals surface area contributed by atoms with E-state index in [0.717, 1.165) is 11.1 Å². The molecule has 0 radical (unpaired) electrons. The van der Waals surface area contributed by atoms with Crippen LogP contribution in [0, 0.1) is 5.92 Å². The van der Waals surface area contributed by atoms with Crippen LogP contribution in [0.5, 0.6) is 0 Å². The third-order valence-electron chi connectivity index (χ3n) is 9.33. The zero-order valence-corrected chi connectivity index (χ0v) is 30.4. The summed E-state index contributed by atoms with van der Waals surface area (Å²) in [5, 5.41) is 5.00. The monoisotopic (exact) mass is 728 g/mol. The first kappa shape index (κ1) is 36.7. The molecule has 0 unspecified atom stereocenters. The molecule has 0 aromatic heterocycles. The van der Waals surface area contributed by atoms with Crippen LogP contribution in [0.4, 0.5) is 9.59 Å². The third kappa shape index (κ3) is 7.89. The van der Waals surface area contributed by atoms with Crippen molar-refractivity contribution in [3.05, 3.63) is 107 Å². The minimum Gasteiger partial charge on any atom is -0.448 e. The maximum Gasteiger partial charge on any atom is 0.410 e. The van der Waals surface area contributed by atoms with Gasteiger partial charge in [0.2, 0.25) is 5.91 Å².